The summed E-state index contributed by atoms with van der Waals surface area (Å²) in [5.74, 6) is 0.387. The van der Waals surface area contributed by atoms with Gasteiger partial charge in [0.1, 0.15) is 11.9 Å². The third-order valence-corrected chi connectivity index (χ3v) is 3.50. The summed E-state index contributed by atoms with van der Waals surface area (Å²) in [4.78, 5) is 26.0. The van der Waals surface area contributed by atoms with Crippen LogP contribution in [0.2, 0.25) is 0 Å². The molecule has 0 aromatic carbocycles. The maximum absolute atomic E-state index is 12.1. The lowest BCUT2D eigenvalue weighted by molar-refractivity contribution is 0.0820. The molecule has 7 nitrogen and oxygen atoms in total. The Morgan fingerprint density at radius 1 is 1.30 bits per heavy atom. The van der Waals surface area contributed by atoms with Crippen molar-refractivity contribution in [1.29, 1.82) is 5.26 Å². The van der Waals surface area contributed by atoms with Gasteiger partial charge in [-0.3, -0.25) is 13.9 Å². The molecule has 0 amide bonds. The molecular formula is C13H18N4O3. The number of anilines is 1. The van der Waals surface area contributed by atoms with E-state index in [2.05, 4.69) is 0 Å². The van der Waals surface area contributed by atoms with Gasteiger partial charge in [0.2, 0.25) is 0 Å². The highest BCUT2D eigenvalue weighted by molar-refractivity contribution is 5.53. The molecule has 108 valence electrons. The third kappa shape index (κ3) is 2.34. The molecule has 2 heterocycles. The van der Waals surface area contributed by atoms with Gasteiger partial charge in [0.15, 0.2) is 5.56 Å². The molecule has 0 spiro atoms. The highest BCUT2D eigenvalue weighted by Gasteiger charge is 2.23. The summed E-state index contributed by atoms with van der Waals surface area (Å²) < 4.78 is 7.87. The largest absolute Gasteiger partial charge is 0.377 e. The molecule has 1 aliphatic heterocycles. The quantitative estimate of drug-likeness (QED) is 0.696. The van der Waals surface area contributed by atoms with Crippen LogP contribution in [0.3, 0.4) is 0 Å². The SMILES string of the molecule is CC1CN(c2c(C#N)c(=O)n(C)c(=O)n2C)CCCO1. The molecule has 1 aromatic heterocycles. The second-order valence-electron chi connectivity index (χ2n) is 5.00. The fourth-order valence-corrected chi connectivity index (χ4v) is 2.49. The Hall–Kier alpha value is -2.07. The summed E-state index contributed by atoms with van der Waals surface area (Å²) in [7, 11) is 2.96. The monoisotopic (exact) mass is 278 g/mol. The average molecular weight is 278 g/mol. The Labute approximate surface area is 116 Å². The van der Waals surface area contributed by atoms with Gasteiger partial charge < -0.3 is 9.64 Å². The van der Waals surface area contributed by atoms with Crippen molar-refractivity contribution in [1.82, 2.24) is 9.13 Å². The molecule has 0 saturated carbocycles. The number of nitrogens with zero attached hydrogens (tertiary/aromatic N) is 4. The zero-order valence-electron chi connectivity index (χ0n) is 11.9. The molecule has 1 aromatic rings. The minimum absolute atomic E-state index is 0.00343. The number of rotatable bonds is 1. The van der Waals surface area contributed by atoms with Crippen molar-refractivity contribution in [3.05, 3.63) is 26.4 Å². The van der Waals surface area contributed by atoms with Gasteiger partial charge in [-0.15, -0.1) is 0 Å². The fraction of sp³-hybridized carbons (Fsp3) is 0.615. The minimum Gasteiger partial charge on any atom is -0.377 e. The molecule has 1 saturated heterocycles. The van der Waals surface area contributed by atoms with E-state index < -0.39 is 11.2 Å². The lowest BCUT2D eigenvalue weighted by Crippen LogP contribution is -2.43. The summed E-state index contributed by atoms with van der Waals surface area (Å²) in [5, 5.41) is 9.27. The van der Waals surface area contributed by atoms with Gasteiger partial charge in [0.25, 0.3) is 5.56 Å². The topological polar surface area (TPSA) is 80.3 Å². The van der Waals surface area contributed by atoms with Gasteiger partial charge in [-0.1, -0.05) is 0 Å². The van der Waals surface area contributed by atoms with Crippen LogP contribution >= 0.6 is 0 Å². The van der Waals surface area contributed by atoms with E-state index >= 15 is 0 Å². The zero-order valence-corrected chi connectivity index (χ0v) is 11.9. The summed E-state index contributed by atoms with van der Waals surface area (Å²) in [6.07, 6.45) is 0.779. The van der Waals surface area contributed by atoms with Crippen LogP contribution in [0.15, 0.2) is 9.59 Å². The Kier molecular flexibility index (Phi) is 3.95. The van der Waals surface area contributed by atoms with E-state index in [-0.39, 0.29) is 11.7 Å². The molecule has 7 heteroatoms. The van der Waals surface area contributed by atoms with Gasteiger partial charge in [-0.25, -0.2) is 4.79 Å². The van der Waals surface area contributed by atoms with Crippen molar-refractivity contribution in [2.24, 2.45) is 14.1 Å². The van der Waals surface area contributed by atoms with Crippen molar-refractivity contribution in [2.45, 2.75) is 19.4 Å². The van der Waals surface area contributed by atoms with E-state index in [0.717, 1.165) is 11.0 Å². The van der Waals surface area contributed by atoms with Crippen molar-refractivity contribution >= 4 is 5.82 Å². The number of hydrogen-bond donors (Lipinski definition) is 0. The minimum atomic E-state index is -0.552. The van der Waals surface area contributed by atoms with E-state index in [0.29, 0.717) is 25.5 Å². The first-order chi connectivity index (χ1) is 9.47. The standard InChI is InChI=1S/C13H18N4O3/c1-9-8-17(5-4-6-20-9)11-10(7-14)12(18)16(3)13(19)15(11)2/h9H,4-6,8H2,1-3H3. The summed E-state index contributed by atoms with van der Waals surface area (Å²) in [6, 6.07) is 1.93. The zero-order chi connectivity index (χ0) is 14.9. The normalized spacial score (nSPS) is 19.5. The predicted molar refractivity (Wildman–Crippen MR) is 73.9 cm³/mol. The molecule has 20 heavy (non-hydrogen) atoms. The molecule has 0 bridgehead atoms. The van der Waals surface area contributed by atoms with Crippen LogP contribution in [0.25, 0.3) is 0 Å². The van der Waals surface area contributed by atoms with Gasteiger partial charge in [-0.05, 0) is 13.3 Å². The second-order valence-corrected chi connectivity index (χ2v) is 5.00. The summed E-state index contributed by atoms with van der Waals surface area (Å²) in [6.45, 7) is 3.77. The van der Waals surface area contributed by atoms with Crippen molar-refractivity contribution in [2.75, 3.05) is 24.6 Å². The Morgan fingerprint density at radius 3 is 2.65 bits per heavy atom. The molecule has 1 fully saturated rings. The first-order valence-electron chi connectivity index (χ1n) is 6.54. The van der Waals surface area contributed by atoms with Crippen molar-refractivity contribution < 1.29 is 4.74 Å². The molecule has 1 atom stereocenters. The van der Waals surface area contributed by atoms with Gasteiger partial charge in [0, 0.05) is 33.8 Å². The van der Waals surface area contributed by atoms with Gasteiger partial charge >= 0.3 is 5.69 Å². The lowest BCUT2D eigenvalue weighted by Gasteiger charge is -2.27. The van der Waals surface area contributed by atoms with Crippen LogP contribution in [0.1, 0.15) is 18.9 Å². The predicted octanol–water partition coefficient (Wildman–Crippen LogP) is -0.429. The molecule has 0 radical (unpaired) electrons. The number of ether oxygens (including phenoxy) is 1. The highest BCUT2D eigenvalue weighted by atomic mass is 16.5. The molecule has 1 unspecified atom stereocenters. The van der Waals surface area contributed by atoms with E-state index in [1.165, 1.54) is 11.6 Å². The molecular weight excluding hydrogens is 260 g/mol. The molecule has 0 aliphatic carbocycles. The lowest BCUT2D eigenvalue weighted by atomic mass is 10.2. The van der Waals surface area contributed by atoms with Crippen molar-refractivity contribution in [3.63, 3.8) is 0 Å². The maximum atomic E-state index is 12.1. The number of nitriles is 1. The van der Waals surface area contributed by atoms with E-state index in [9.17, 15) is 14.9 Å². The fourth-order valence-electron chi connectivity index (χ4n) is 2.49. The Morgan fingerprint density at radius 2 is 2.00 bits per heavy atom. The van der Waals surface area contributed by atoms with Crippen LogP contribution < -0.4 is 16.1 Å². The Balaban J connectivity index is 2.64. The first-order valence-corrected chi connectivity index (χ1v) is 6.54. The van der Waals surface area contributed by atoms with Crippen molar-refractivity contribution in [3.8, 4) is 6.07 Å². The van der Waals surface area contributed by atoms with E-state index in [1.807, 2.05) is 17.9 Å². The van der Waals surface area contributed by atoms with E-state index in [1.54, 1.807) is 7.05 Å². The van der Waals surface area contributed by atoms with Crippen LogP contribution in [0.5, 0.6) is 0 Å². The first kappa shape index (κ1) is 14.3. The van der Waals surface area contributed by atoms with Gasteiger partial charge in [-0.2, -0.15) is 5.26 Å². The molecule has 0 N–H and O–H groups in total. The van der Waals surface area contributed by atoms with Crippen LogP contribution in [0.4, 0.5) is 5.82 Å². The highest BCUT2D eigenvalue weighted by Crippen LogP contribution is 2.18. The molecule has 1 aliphatic rings. The smallest absolute Gasteiger partial charge is 0.332 e. The van der Waals surface area contributed by atoms with Crippen LogP contribution in [0, 0.1) is 11.3 Å². The van der Waals surface area contributed by atoms with E-state index in [4.69, 9.17) is 4.74 Å². The molecule has 2 rings (SSSR count). The van der Waals surface area contributed by atoms with Crippen LogP contribution in [-0.4, -0.2) is 34.9 Å². The summed E-state index contributed by atoms with van der Waals surface area (Å²) >= 11 is 0. The maximum Gasteiger partial charge on any atom is 0.332 e. The second kappa shape index (κ2) is 5.51. The Bertz CT molecular complexity index is 668. The van der Waals surface area contributed by atoms with Gasteiger partial charge in [0.05, 0.1) is 6.10 Å². The number of hydrogen-bond acceptors (Lipinski definition) is 5. The average Bonchev–Trinajstić information content (AvgIpc) is 2.64. The third-order valence-electron chi connectivity index (χ3n) is 3.50. The van der Waals surface area contributed by atoms with Crippen LogP contribution in [-0.2, 0) is 18.8 Å². The summed E-state index contributed by atoms with van der Waals surface area (Å²) in [5.41, 5.74) is -0.978. The number of aromatic nitrogens is 2.